The number of benzene rings is 2. The van der Waals surface area contributed by atoms with E-state index in [1.54, 1.807) is 18.2 Å². The first kappa shape index (κ1) is 24.5. The number of amides is 1. The van der Waals surface area contributed by atoms with Crippen LogP contribution in [0.25, 0.3) is 11.3 Å². The number of β-amino-alcohol motifs (C(OH)–C–C–N with tert-alkyl or cyclic N) is 1. The maximum atomic E-state index is 12.7. The minimum Gasteiger partial charge on any atom is -0.385 e. The van der Waals surface area contributed by atoms with Crippen molar-refractivity contribution in [2.45, 2.75) is 20.0 Å². The van der Waals surface area contributed by atoms with Gasteiger partial charge in [-0.05, 0) is 55.8 Å². The predicted octanol–water partition coefficient (Wildman–Crippen LogP) is 3.26. The number of rotatable bonds is 7. The first-order valence-electron chi connectivity index (χ1n) is 11.6. The number of carbonyl (C=O) groups excluding carboxylic acids is 1. The number of aliphatic hydroxyl groups is 1. The molecule has 1 aliphatic rings. The lowest BCUT2D eigenvalue weighted by atomic mass is 10.0. The van der Waals surface area contributed by atoms with Crippen molar-refractivity contribution in [3.05, 3.63) is 76.9 Å². The summed E-state index contributed by atoms with van der Waals surface area (Å²) in [6.45, 7) is 6.97. The van der Waals surface area contributed by atoms with E-state index in [0.29, 0.717) is 42.3 Å². The molecule has 8 heteroatoms. The Balaban J connectivity index is 1.51. The molecule has 4 rings (SSSR count). The van der Waals surface area contributed by atoms with Crippen LogP contribution in [0, 0.1) is 19.3 Å². The van der Waals surface area contributed by atoms with Crippen LogP contribution in [-0.4, -0.2) is 65.6 Å². The Morgan fingerprint density at radius 2 is 1.94 bits per heavy atom. The minimum absolute atomic E-state index is 0.0453. The van der Waals surface area contributed by atoms with Crippen molar-refractivity contribution in [3.63, 3.8) is 0 Å². The number of hydrogen-bond acceptors (Lipinski definition) is 7. The lowest BCUT2D eigenvalue weighted by Crippen LogP contribution is -2.43. The van der Waals surface area contributed by atoms with Gasteiger partial charge < -0.3 is 26.3 Å². The Hall–Kier alpha value is -3.59. The van der Waals surface area contributed by atoms with Crippen LogP contribution >= 0.6 is 0 Å². The predicted molar refractivity (Wildman–Crippen MR) is 138 cm³/mol. The highest BCUT2D eigenvalue weighted by Crippen LogP contribution is 2.27. The lowest BCUT2D eigenvalue weighted by molar-refractivity contribution is 0.0246. The number of pyridine rings is 1. The van der Waals surface area contributed by atoms with E-state index in [2.05, 4.69) is 15.2 Å². The van der Waals surface area contributed by atoms with Crippen molar-refractivity contribution in [2.24, 2.45) is 0 Å². The van der Waals surface area contributed by atoms with Crippen LogP contribution in [0.15, 0.2) is 54.6 Å². The molecular weight excluding hydrogens is 442 g/mol. The highest BCUT2D eigenvalue weighted by atomic mass is 16.5. The van der Waals surface area contributed by atoms with Gasteiger partial charge in [0.25, 0.3) is 5.91 Å². The fourth-order valence-corrected chi connectivity index (χ4v) is 4.12. The van der Waals surface area contributed by atoms with Crippen LogP contribution in [0.2, 0.25) is 0 Å². The zero-order chi connectivity index (χ0) is 24.9. The molecule has 3 aromatic rings. The summed E-state index contributed by atoms with van der Waals surface area (Å²) in [4.78, 5) is 19.3. The Morgan fingerprint density at radius 3 is 2.66 bits per heavy atom. The smallest absolute Gasteiger partial charge is 0.255 e. The Morgan fingerprint density at radius 1 is 1.17 bits per heavy atom. The molecule has 0 radical (unpaired) electrons. The van der Waals surface area contributed by atoms with Gasteiger partial charge in [-0.15, -0.1) is 0 Å². The number of nitrogens with one attached hydrogen (secondary N) is 2. The summed E-state index contributed by atoms with van der Waals surface area (Å²) in [7, 11) is 0. The molecule has 0 aliphatic carbocycles. The normalized spacial score (nSPS) is 14.9. The monoisotopic (exact) mass is 473 g/mol. The standard InChI is InChI=1S/C27H31N5O3/c1-17-4-3-5-19(14-17)27(34)30-20-7-6-18(2)22(15-20)23-9-8-21(26(29)31-23)25(28)24(33)16-32-10-12-35-13-11-32/h3-9,14-15,24,28,33H,10-13,16H2,1-2H3,(H2,29,31)(H,30,34). The molecule has 2 heterocycles. The van der Waals surface area contributed by atoms with Gasteiger partial charge in [-0.2, -0.15) is 0 Å². The summed E-state index contributed by atoms with van der Waals surface area (Å²) in [5, 5.41) is 22.0. The minimum atomic E-state index is -0.968. The molecule has 0 saturated carbocycles. The first-order chi connectivity index (χ1) is 16.8. The number of anilines is 2. The van der Waals surface area contributed by atoms with Crippen LogP contribution in [0.5, 0.6) is 0 Å². The number of aryl methyl sites for hydroxylation is 2. The molecule has 2 aromatic carbocycles. The number of aliphatic hydroxyl groups excluding tert-OH is 1. The van der Waals surface area contributed by atoms with E-state index in [0.717, 1.165) is 29.8 Å². The van der Waals surface area contributed by atoms with E-state index in [9.17, 15) is 9.90 Å². The molecule has 1 unspecified atom stereocenters. The summed E-state index contributed by atoms with van der Waals surface area (Å²) in [5.41, 5.74) is 11.4. The molecule has 182 valence electrons. The average Bonchev–Trinajstić information content (AvgIpc) is 2.85. The average molecular weight is 474 g/mol. The number of nitrogen functional groups attached to an aromatic ring is 1. The number of aromatic nitrogens is 1. The number of morpholine rings is 1. The van der Waals surface area contributed by atoms with Crippen LogP contribution in [-0.2, 0) is 4.74 Å². The highest BCUT2D eigenvalue weighted by Gasteiger charge is 2.21. The second-order valence-corrected chi connectivity index (χ2v) is 8.83. The van der Waals surface area contributed by atoms with Crippen LogP contribution in [0.4, 0.5) is 11.5 Å². The van der Waals surface area contributed by atoms with Crippen molar-refractivity contribution in [1.82, 2.24) is 9.88 Å². The van der Waals surface area contributed by atoms with Crippen molar-refractivity contribution in [3.8, 4) is 11.3 Å². The van der Waals surface area contributed by atoms with Gasteiger partial charge in [-0.1, -0.05) is 23.8 Å². The van der Waals surface area contributed by atoms with Crippen molar-refractivity contribution < 1.29 is 14.6 Å². The topological polar surface area (TPSA) is 125 Å². The number of ether oxygens (including phenoxy) is 1. The van der Waals surface area contributed by atoms with Gasteiger partial charge in [0.2, 0.25) is 0 Å². The SMILES string of the molecule is Cc1cccc(C(=O)Nc2ccc(C)c(-c3ccc(C(=N)C(O)CN4CCOCC4)c(N)n3)c2)c1. The van der Waals surface area contributed by atoms with Crippen molar-refractivity contribution in [1.29, 1.82) is 5.41 Å². The van der Waals surface area contributed by atoms with Gasteiger partial charge in [0.05, 0.1) is 24.6 Å². The summed E-state index contributed by atoms with van der Waals surface area (Å²) in [6.07, 6.45) is -0.968. The van der Waals surface area contributed by atoms with Crippen LogP contribution in [0.1, 0.15) is 27.0 Å². The Bertz CT molecular complexity index is 1240. The van der Waals surface area contributed by atoms with Gasteiger partial charge in [-0.3, -0.25) is 9.69 Å². The molecule has 0 bridgehead atoms. The maximum absolute atomic E-state index is 12.7. The molecule has 8 nitrogen and oxygen atoms in total. The third-order valence-corrected chi connectivity index (χ3v) is 6.13. The number of carbonyl (C=O) groups is 1. The summed E-state index contributed by atoms with van der Waals surface area (Å²) < 4.78 is 5.34. The van der Waals surface area contributed by atoms with Gasteiger partial charge >= 0.3 is 0 Å². The number of nitrogens with zero attached hydrogens (tertiary/aromatic N) is 2. The van der Waals surface area contributed by atoms with Gasteiger partial charge in [0.15, 0.2) is 0 Å². The Labute approximate surface area is 205 Å². The zero-order valence-electron chi connectivity index (χ0n) is 20.0. The lowest BCUT2D eigenvalue weighted by Gasteiger charge is -2.28. The van der Waals surface area contributed by atoms with Crippen molar-refractivity contribution in [2.75, 3.05) is 43.9 Å². The molecule has 1 atom stereocenters. The largest absolute Gasteiger partial charge is 0.385 e. The summed E-state index contributed by atoms with van der Waals surface area (Å²) >= 11 is 0. The quantitative estimate of drug-likeness (QED) is 0.391. The van der Waals surface area contributed by atoms with E-state index >= 15 is 0 Å². The fourth-order valence-electron chi connectivity index (χ4n) is 4.12. The van der Waals surface area contributed by atoms with Gasteiger partial charge in [0, 0.05) is 42.0 Å². The highest BCUT2D eigenvalue weighted by molar-refractivity contribution is 6.06. The summed E-state index contributed by atoms with van der Waals surface area (Å²) in [6, 6.07) is 16.6. The number of nitrogens with two attached hydrogens (primary N) is 1. The third kappa shape index (κ3) is 5.92. The van der Waals surface area contributed by atoms with E-state index in [-0.39, 0.29) is 17.4 Å². The fraction of sp³-hybridized carbons (Fsp3) is 0.296. The molecular formula is C27H31N5O3. The molecule has 5 N–H and O–H groups in total. The zero-order valence-corrected chi connectivity index (χ0v) is 20.0. The van der Waals surface area contributed by atoms with Gasteiger partial charge in [-0.25, -0.2) is 4.98 Å². The molecule has 1 fully saturated rings. The second kappa shape index (κ2) is 10.8. The molecule has 1 saturated heterocycles. The van der Waals surface area contributed by atoms with E-state index < -0.39 is 6.10 Å². The number of hydrogen-bond donors (Lipinski definition) is 4. The van der Waals surface area contributed by atoms with Crippen LogP contribution < -0.4 is 11.1 Å². The first-order valence-corrected chi connectivity index (χ1v) is 11.6. The summed E-state index contributed by atoms with van der Waals surface area (Å²) in [5.74, 6) is -0.00356. The maximum Gasteiger partial charge on any atom is 0.255 e. The van der Waals surface area contributed by atoms with Gasteiger partial charge in [0.1, 0.15) is 11.9 Å². The molecule has 1 aliphatic heterocycles. The van der Waals surface area contributed by atoms with E-state index in [1.807, 2.05) is 50.2 Å². The van der Waals surface area contributed by atoms with Crippen molar-refractivity contribution >= 4 is 23.1 Å². The Kier molecular flexibility index (Phi) is 7.55. The second-order valence-electron chi connectivity index (χ2n) is 8.83. The molecule has 0 spiro atoms. The molecule has 1 amide bonds. The van der Waals surface area contributed by atoms with Crippen LogP contribution in [0.3, 0.4) is 0 Å². The third-order valence-electron chi connectivity index (χ3n) is 6.13. The van der Waals surface area contributed by atoms with E-state index in [4.69, 9.17) is 15.9 Å². The molecule has 35 heavy (non-hydrogen) atoms. The van der Waals surface area contributed by atoms with E-state index in [1.165, 1.54) is 0 Å². The molecule has 1 aromatic heterocycles.